The number of Topliss-reactive ketones (excluding diaryl/α,β-unsaturated/α-hetero) is 1. The second kappa shape index (κ2) is 11.4. The first-order valence-electron chi connectivity index (χ1n) is 12.1. The monoisotopic (exact) mass is 602 g/mol. The number of aromatic nitrogens is 2. The maximum absolute atomic E-state index is 14.3. The molecule has 218 valence electrons. The minimum Gasteiger partial charge on any atom is -0.339 e. The highest BCUT2D eigenvalue weighted by molar-refractivity contribution is 7.89. The van der Waals surface area contributed by atoms with Crippen molar-refractivity contribution in [2.75, 3.05) is 26.2 Å². The van der Waals surface area contributed by atoms with Crippen molar-refractivity contribution in [3.8, 4) is 0 Å². The van der Waals surface area contributed by atoms with Gasteiger partial charge in [0.1, 0.15) is 5.82 Å². The molecule has 0 atom stereocenters. The Bertz CT molecular complexity index is 1280. The third-order valence-corrected chi connectivity index (χ3v) is 9.31. The van der Waals surface area contributed by atoms with Crippen molar-refractivity contribution >= 4 is 28.2 Å². The molecule has 39 heavy (non-hydrogen) atoms. The average Bonchev–Trinajstić information content (AvgIpc) is 3.30. The second-order valence-corrected chi connectivity index (χ2v) is 11.8. The minimum atomic E-state index is -4.94. The number of carbonyl (C=O) groups is 1. The van der Waals surface area contributed by atoms with Crippen molar-refractivity contribution in [1.29, 1.82) is 0 Å². The minimum absolute atomic E-state index is 0. The standard InChI is InChI=1S/C24H28F6N4O3S.ClH/c1-32-15-20(31-16-32)38(36,37)34-13-11-33(12-14-34)22(7-9-23(26,27)10-8-22)6-5-19(35)21-17(24(28,29)30)3-2-4-18(21)25;/h2-4,15-16H,5-14H2,1H3;1H. The number of benzene rings is 1. The number of alkyl halides is 5. The molecular formula is C24H29ClF6N4O3S. The van der Waals surface area contributed by atoms with Gasteiger partial charge in [0.2, 0.25) is 5.92 Å². The van der Waals surface area contributed by atoms with E-state index in [1.807, 2.05) is 4.90 Å². The van der Waals surface area contributed by atoms with E-state index in [1.165, 1.54) is 21.4 Å². The van der Waals surface area contributed by atoms with E-state index in [2.05, 4.69) is 4.98 Å². The van der Waals surface area contributed by atoms with Crippen LogP contribution >= 0.6 is 12.4 Å². The number of hydrogen-bond acceptors (Lipinski definition) is 5. The fourth-order valence-corrected chi connectivity index (χ4v) is 6.77. The van der Waals surface area contributed by atoms with E-state index in [-0.39, 0.29) is 62.9 Å². The molecule has 0 unspecified atom stereocenters. The summed E-state index contributed by atoms with van der Waals surface area (Å²) in [7, 11) is -2.23. The zero-order valence-corrected chi connectivity index (χ0v) is 22.7. The van der Waals surface area contributed by atoms with Crippen LogP contribution in [-0.4, -0.2) is 70.6 Å². The number of imidazole rings is 1. The molecule has 0 radical (unpaired) electrons. The first kappa shape index (κ1) is 31.4. The third-order valence-electron chi connectivity index (χ3n) is 7.52. The quantitative estimate of drug-likeness (QED) is 0.332. The Morgan fingerprint density at radius 3 is 2.21 bits per heavy atom. The molecule has 2 aliphatic rings. The molecule has 7 nitrogen and oxygen atoms in total. The van der Waals surface area contributed by atoms with Crippen LogP contribution in [0.2, 0.25) is 0 Å². The van der Waals surface area contributed by atoms with Crippen LogP contribution in [0.4, 0.5) is 26.3 Å². The highest BCUT2D eigenvalue weighted by atomic mass is 35.5. The van der Waals surface area contributed by atoms with E-state index in [1.54, 1.807) is 7.05 Å². The first-order valence-corrected chi connectivity index (χ1v) is 13.6. The van der Waals surface area contributed by atoms with Crippen molar-refractivity contribution in [3.63, 3.8) is 0 Å². The number of ketones is 1. The van der Waals surface area contributed by atoms with Crippen molar-refractivity contribution in [3.05, 3.63) is 47.7 Å². The Balaban J connectivity index is 0.00000420. The van der Waals surface area contributed by atoms with E-state index in [0.29, 0.717) is 6.07 Å². The number of hydrogen-bond donors (Lipinski definition) is 0. The molecule has 1 saturated carbocycles. The van der Waals surface area contributed by atoms with Crippen LogP contribution in [0.5, 0.6) is 0 Å². The van der Waals surface area contributed by atoms with Gasteiger partial charge in [0.05, 0.1) is 17.5 Å². The van der Waals surface area contributed by atoms with Crippen LogP contribution in [0.25, 0.3) is 0 Å². The molecular weight excluding hydrogens is 574 g/mol. The van der Waals surface area contributed by atoms with Gasteiger partial charge in [0, 0.05) is 64.2 Å². The zero-order valence-electron chi connectivity index (χ0n) is 21.1. The molecule has 2 heterocycles. The number of rotatable bonds is 7. The summed E-state index contributed by atoms with van der Waals surface area (Å²) in [6.45, 7) is 0.464. The summed E-state index contributed by atoms with van der Waals surface area (Å²) in [4.78, 5) is 18.6. The van der Waals surface area contributed by atoms with Crippen LogP contribution in [0, 0.1) is 5.82 Å². The van der Waals surface area contributed by atoms with E-state index in [0.717, 1.165) is 12.1 Å². The highest BCUT2D eigenvalue weighted by Gasteiger charge is 2.48. The van der Waals surface area contributed by atoms with Gasteiger partial charge in [-0.2, -0.15) is 17.5 Å². The number of aryl methyl sites for hydroxylation is 1. The summed E-state index contributed by atoms with van der Waals surface area (Å²) in [5.74, 6) is -5.25. The predicted molar refractivity (Wildman–Crippen MR) is 132 cm³/mol. The van der Waals surface area contributed by atoms with Gasteiger partial charge in [0.25, 0.3) is 10.0 Å². The summed E-state index contributed by atoms with van der Waals surface area (Å²) in [5.41, 5.74) is -3.38. The van der Waals surface area contributed by atoms with Gasteiger partial charge < -0.3 is 4.57 Å². The Hall–Kier alpha value is -2.16. The zero-order chi connectivity index (χ0) is 27.9. The second-order valence-electron chi connectivity index (χ2n) is 9.93. The number of sulfonamides is 1. The molecule has 1 saturated heterocycles. The summed E-state index contributed by atoms with van der Waals surface area (Å²) >= 11 is 0. The molecule has 0 bridgehead atoms. The highest BCUT2D eigenvalue weighted by Crippen LogP contribution is 2.45. The fraction of sp³-hybridized carbons (Fsp3) is 0.583. The van der Waals surface area contributed by atoms with Gasteiger partial charge in [-0.1, -0.05) is 6.07 Å². The normalized spacial score (nSPS) is 20.4. The molecule has 0 N–H and O–H groups in total. The lowest BCUT2D eigenvalue weighted by molar-refractivity contribution is -0.138. The lowest BCUT2D eigenvalue weighted by atomic mass is 9.74. The van der Waals surface area contributed by atoms with Gasteiger partial charge in [0.15, 0.2) is 10.8 Å². The maximum Gasteiger partial charge on any atom is 0.417 e. The number of nitrogens with zero attached hydrogens (tertiary/aromatic N) is 4. The van der Waals surface area contributed by atoms with Crippen LogP contribution < -0.4 is 0 Å². The van der Waals surface area contributed by atoms with E-state index in [9.17, 15) is 39.6 Å². The molecule has 4 rings (SSSR count). The van der Waals surface area contributed by atoms with Gasteiger partial charge in [-0.05, 0) is 31.4 Å². The Morgan fingerprint density at radius 1 is 1.05 bits per heavy atom. The van der Waals surface area contributed by atoms with Crippen molar-refractivity contribution in [2.45, 2.75) is 61.2 Å². The molecule has 2 aromatic rings. The van der Waals surface area contributed by atoms with Crippen LogP contribution in [0.1, 0.15) is 54.4 Å². The predicted octanol–water partition coefficient (Wildman–Crippen LogP) is 4.92. The molecule has 0 spiro atoms. The third kappa shape index (κ3) is 6.60. The Morgan fingerprint density at radius 2 is 1.67 bits per heavy atom. The Kier molecular flexibility index (Phi) is 9.15. The summed E-state index contributed by atoms with van der Waals surface area (Å²) < 4.78 is 111. The lowest BCUT2D eigenvalue weighted by Gasteiger charge is -2.50. The van der Waals surface area contributed by atoms with Gasteiger partial charge >= 0.3 is 6.18 Å². The largest absolute Gasteiger partial charge is 0.417 e. The lowest BCUT2D eigenvalue weighted by Crippen LogP contribution is -2.59. The van der Waals surface area contributed by atoms with Gasteiger partial charge in [-0.3, -0.25) is 9.69 Å². The molecule has 0 amide bonds. The summed E-state index contributed by atoms with van der Waals surface area (Å²) in [5, 5.41) is -0.114. The summed E-state index contributed by atoms with van der Waals surface area (Å²) in [6.07, 6.45) is -3.72. The smallest absolute Gasteiger partial charge is 0.339 e. The first-order chi connectivity index (χ1) is 17.6. The van der Waals surface area contributed by atoms with Crippen molar-refractivity contribution < 1.29 is 39.6 Å². The fourth-order valence-electron chi connectivity index (χ4n) is 5.38. The van der Waals surface area contributed by atoms with Gasteiger partial charge in [-0.15, -0.1) is 12.4 Å². The average molecular weight is 603 g/mol. The van der Waals surface area contributed by atoms with E-state index >= 15 is 0 Å². The van der Waals surface area contributed by atoms with Crippen LogP contribution in [0.3, 0.4) is 0 Å². The molecule has 1 aromatic heterocycles. The molecule has 15 heteroatoms. The molecule has 1 aliphatic heterocycles. The molecule has 1 aliphatic carbocycles. The van der Waals surface area contributed by atoms with E-state index in [4.69, 9.17) is 0 Å². The number of piperazine rings is 1. The van der Waals surface area contributed by atoms with Crippen molar-refractivity contribution in [2.24, 2.45) is 7.05 Å². The van der Waals surface area contributed by atoms with Crippen LogP contribution in [0.15, 0.2) is 35.7 Å². The van der Waals surface area contributed by atoms with Crippen molar-refractivity contribution in [1.82, 2.24) is 18.8 Å². The van der Waals surface area contributed by atoms with E-state index < -0.39 is 69.7 Å². The summed E-state index contributed by atoms with van der Waals surface area (Å²) in [6, 6.07) is 2.29. The van der Waals surface area contributed by atoms with Crippen LogP contribution in [-0.2, 0) is 23.2 Å². The number of halogens is 7. The maximum atomic E-state index is 14.3. The number of carbonyl (C=O) groups excluding carboxylic acids is 1. The molecule has 1 aromatic carbocycles. The molecule has 2 fully saturated rings. The Labute approximate surface area is 228 Å². The SMILES string of the molecule is Cl.Cn1cnc(S(=O)(=O)N2CCN(C3(CCC(=O)c4c(F)cccc4C(F)(F)F)CCC(F)(F)CC3)CC2)c1. The topological polar surface area (TPSA) is 75.5 Å². The van der Waals surface area contributed by atoms with Gasteiger partial charge in [-0.25, -0.2) is 26.6 Å².